The van der Waals surface area contributed by atoms with E-state index in [-0.39, 0.29) is 18.5 Å². The van der Waals surface area contributed by atoms with E-state index in [0.29, 0.717) is 5.56 Å². The molecule has 1 atom stereocenters. The number of imidazole rings is 1. The zero-order valence-electron chi connectivity index (χ0n) is 15.9. The van der Waals surface area contributed by atoms with Gasteiger partial charge in [-0.1, -0.05) is 42.5 Å². The molecule has 0 aliphatic heterocycles. The number of likely N-dealkylation sites (N-methyl/N-ethyl adjacent to an activating group) is 1. The van der Waals surface area contributed by atoms with Gasteiger partial charge >= 0.3 is 0 Å². The maximum atomic E-state index is 12.8. The molecule has 0 radical (unpaired) electrons. The van der Waals surface area contributed by atoms with Gasteiger partial charge in [0, 0.05) is 36.6 Å². The molecule has 0 saturated heterocycles. The molecule has 5 nitrogen and oxygen atoms in total. The predicted octanol–water partition coefficient (Wildman–Crippen LogP) is 3.94. The van der Waals surface area contributed by atoms with Crippen molar-refractivity contribution >= 4 is 5.91 Å². The first-order valence-corrected chi connectivity index (χ1v) is 9.09. The van der Waals surface area contributed by atoms with E-state index in [2.05, 4.69) is 23.4 Å². The van der Waals surface area contributed by atoms with Crippen LogP contribution in [-0.2, 0) is 0 Å². The Morgan fingerprint density at radius 3 is 2.59 bits per heavy atom. The monoisotopic (exact) mass is 363 g/mol. The van der Waals surface area contributed by atoms with Gasteiger partial charge < -0.3 is 14.6 Å². The normalized spacial score (nSPS) is 12.2. The van der Waals surface area contributed by atoms with Crippen LogP contribution in [0.3, 0.4) is 0 Å². The minimum atomic E-state index is -0.719. The molecular weight excluding hydrogens is 338 g/mol. The van der Waals surface area contributed by atoms with Gasteiger partial charge in [0.1, 0.15) is 5.82 Å². The summed E-state index contributed by atoms with van der Waals surface area (Å²) in [6.45, 7) is 4.42. The smallest absolute Gasteiger partial charge is 0.253 e. The van der Waals surface area contributed by atoms with Crippen LogP contribution in [0.5, 0.6) is 0 Å². The second-order valence-corrected chi connectivity index (χ2v) is 6.94. The Hall–Kier alpha value is -2.92. The van der Waals surface area contributed by atoms with Crippen LogP contribution in [0.15, 0.2) is 67.0 Å². The van der Waals surface area contributed by atoms with Gasteiger partial charge in [0.25, 0.3) is 5.91 Å². The van der Waals surface area contributed by atoms with Crippen molar-refractivity contribution in [3.05, 3.63) is 78.1 Å². The molecule has 1 N–H and O–H groups in total. The lowest BCUT2D eigenvalue weighted by Crippen LogP contribution is -2.31. The van der Waals surface area contributed by atoms with Crippen LogP contribution in [-0.4, -0.2) is 39.1 Å². The maximum absolute atomic E-state index is 12.8. The van der Waals surface area contributed by atoms with Crippen LogP contribution in [0.25, 0.3) is 11.4 Å². The van der Waals surface area contributed by atoms with E-state index in [1.165, 1.54) is 0 Å². The molecule has 27 heavy (non-hydrogen) atoms. The number of nitrogens with zero attached hydrogens (tertiary/aromatic N) is 3. The summed E-state index contributed by atoms with van der Waals surface area (Å²) in [5.74, 6) is 0.709. The lowest BCUT2D eigenvalue weighted by molar-refractivity contribution is 0.0681. The zero-order chi connectivity index (χ0) is 19.4. The lowest BCUT2D eigenvalue weighted by Gasteiger charge is -2.21. The Kier molecular flexibility index (Phi) is 5.72. The van der Waals surface area contributed by atoms with Crippen LogP contribution in [0.4, 0.5) is 0 Å². The molecule has 3 rings (SSSR count). The number of rotatable bonds is 6. The first-order chi connectivity index (χ1) is 13.0. The highest BCUT2D eigenvalue weighted by Crippen LogP contribution is 2.23. The third-order valence-corrected chi connectivity index (χ3v) is 4.57. The number of benzene rings is 2. The molecule has 0 aliphatic rings. The molecule has 0 fully saturated rings. The molecule has 140 valence electrons. The SMILES string of the molecule is CC(C)n1ccnc1-c1cccc(C(=O)N(C)C[C@H](O)c2ccccc2)c1. The fourth-order valence-electron chi connectivity index (χ4n) is 3.09. The van der Waals surface area contributed by atoms with Gasteiger partial charge in [0.15, 0.2) is 0 Å². The van der Waals surface area contributed by atoms with E-state index in [9.17, 15) is 9.90 Å². The molecular formula is C22H25N3O2. The molecule has 1 aromatic heterocycles. The second-order valence-electron chi connectivity index (χ2n) is 6.94. The second kappa shape index (κ2) is 8.18. The van der Waals surface area contributed by atoms with Crippen molar-refractivity contribution in [1.82, 2.24) is 14.5 Å². The van der Waals surface area contributed by atoms with E-state index in [0.717, 1.165) is 17.0 Å². The van der Waals surface area contributed by atoms with Gasteiger partial charge in [-0.25, -0.2) is 4.98 Å². The van der Waals surface area contributed by atoms with E-state index in [1.807, 2.05) is 54.7 Å². The van der Waals surface area contributed by atoms with Crippen LogP contribution in [0.1, 0.15) is 41.9 Å². The number of hydrogen-bond acceptors (Lipinski definition) is 3. The predicted molar refractivity (Wildman–Crippen MR) is 106 cm³/mol. The van der Waals surface area contributed by atoms with Gasteiger partial charge in [-0.2, -0.15) is 0 Å². The molecule has 1 amide bonds. The van der Waals surface area contributed by atoms with Crippen molar-refractivity contribution in [3.63, 3.8) is 0 Å². The number of carbonyl (C=O) groups excluding carboxylic acids is 1. The zero-order valence-corrected chi connectivity index (χ0v) is 15.9. The Morgan fingerprint density at radius 2 is 1.89 bits per heavy atom. The molecule has 0 unspecified atom stereocenters. The van der Waals surface area contributed by atoms with E-state index >= 15 is 0 Å². The molecule has 0 spiro atoms. The van der Waals surface area contributed by atoms with Gasteiger partial charge in [0.05, 0.1) is 12.6 Å². The Balaban J connectivity index is 1.78. The summed E-state index contributed by atoms with van der Waals surface area (Å²) >= 11 is 0. The average Bonchev–Trinajstić information content (AvgIpc) is 3.18. The molecule has 0 aliphatic carbocycles. The highest BCUT2D eigenvalue weighted by atomic mass is 16.3. The highest BCUT2D eigenvalue weighted by molar-refractivity contribution is 5.95. The number of amides is 1. The minimum Gasteiger partial charge on any atom is -0.387 e. The summed E-state index contributed by atoms with van der Waals surface area (Å²) < 4.78 is 2.08. The van der Waals surface area contributed by atoms with Crippen molar-refractivity contribution in [2.75, 3.05) is 13.6 Å². The summed E-state index contributed by atoms with van der Waals surface area (Å²) in [7, 11) is 1.70. The van der Waals surface area contributed by atoms with Crippen LogP contribution >= 0.6 is 0 Å². The van der Waals surface area contributed by atoms with Crippen LogP contribution in [0.2, 0.25) is 0 Å². The third kappa shape index (κ3) is 4.26. The first-order valence-electron chi connectivity index (χ1n) is 9.09. The standard InChI is InChI=1S/C22H25N3O2/c1-16(2)25-13-12-23-21(25)18-10-7-11-19(14-18)22(27)24(3)15-20(26)17-8-5-4-6-9-17/h4-14,16,20,26H,15H2,1-3H3/t20-/m0/s1. The molecule has 5 heteroatoms. The number of aliphatic hydroxyl groups excluding tert-OH is 1. The fourth-order valence-corrected chi connectivity index (χ4v) is 3.09. The van der Waals surface area contributed by atoms with Crippen molar-refractivity contribution < 1.29 is 9.90 Å². The minimum absolute atomic E-state index is 0.130. The number of aliphatic hydroxyl groups is 1. The van der Waals surface area contributed by atoms with E-state index in [1.54, 1.807) is 24.2 Å². The quantitative estimate of drug-likeness (QED) is 0.722. The van der Waals surface area contributed by atoms with Crippen molar-refractivity contribution in [1.29, 1.82) is 0 Å². The Labute approximate surface area is 159 Å². The van der Waals surface area contributed by atoms with Crippen molar-refractivity contribution in [2.24, 2.45) is 0 Å². The molecule has 2 aromatic carbocycles. The molecule has 0 bridgehead atoms. The van der Waals surface area contributed by atoms with Crippen LogP contribution < -0.4 is 0 Å². The summed E-state index contributed by atoms with van der Waals surface area (Å²) in [6, 6.07) is 17.1. The van der Waals surface area contributed by atoms with Gasteiger partial charge in [0.2, 0.25) is 0 Å². The van der Waals surface area contributed by atoms with Crippen LogP contribution in [0, 0.1) is 0 Å². The number of aromatic nitrogens is 2. The Morgan fingerprint density at radius 1 is 1.15 bits per heavy atom. The molecule has 3 aromatic rings. The first kappa shape index (κ1) is 18.9. The largest absolute Gasteiger partial charge is 0.387 e. The van der Waals surface area contributed by atoms with Crippen molar-refractivity contribution in [2.45, 2.75) is 26.0 Å². The number of carbonyl (C=O) groups is 1. The molecule has 0 saturated carbocycles. The summed E-state index contributed by atoms with van der Waals surface area (Å²) in [4.78, 5) is 18.8. The average molecular weight is 363 g/mol. The third-order valence-electron chi connectivity index (χ3n) is 4.57. The summed E-state index contributed by atoms with van der Waals surface area (Å²) in [6.07, 6.45) is 2.99. The van der Waals surface area contributed by atoms with E-state index < -0.39 is 6.10 Å². The fraction of sp³-hybridized carbons (Fsp3) is 0.273. The van der Waals surface area contributed by atoms with E-state index in [4.69, 9.17) is 0 Å². The lowest BCUT2D eigenvalue weighted by atomic mass is 10.1. The highest BCUT2D eigenvalue weighted by Gasteiger charge is 2.18. The van der Waals surface area contributed by atoms with Gasteiger partial charge in [-0.3, -0.25) is 4.79 Å². The van der Waals surface area contributed by atoms with Gasteiger partial charge in [-0.05, 0) is 31.5 Å². The maximum Gasteiger partial charge on any atom is 0.253 e. The Bertz CT molecular complexity index is 903. The summed E-state index contributed by atoms with van der Waals surface area (Å²) in [5, 5.41) is 10.4. The molecule has 1 heterocycles. The van der Waals surface area contributed by atoms with Gasteiger partial charge in [-0.15, -0.1) is 0 Å². The topological polar surface area (TPSA) is 58.4 Å². The van der Waals surface area contributed by atoms with Crippen molar-refractivity contribution in [3.8, 4) is 11.4 Å². The summed E-state index contributed by atoms with van der Waals surface area (Å²) in [5.41, 5.74) is 2.27. The number of hydrogen-bond donors (Lipinski definition) is 1.